The van der Waals surface area contributed by atoms with Crippen molar-refractivity contribution < 1.29 is 14.6 Å². The summed E-state index contributed by atoms with van der Waals surface area (Å²) in [5.41, 5.74) is 4.16. The van der Waals surface area contributed by atoms with Crippen LogP contribution < -0.4 is 10.6 Å². The third-order valence-corrected chi connectivity index (χ3v) is 4.92. The first-order valence-electron chi connectivity index (χ1n) is 9.49. The monoisotopic (exact) mass is 383 g/mol. The van der Waals surface area contributed by atoms with Crippen molar-refractivity contribution in [3.8, 4) is 5.75 Å². The van der Waals surface area contributed by atoms with E-state index in [1.54, 1.807) is 31.3 Å². The first-order valence-corrected chi connectivity index (χ1v) is 9.49. The van der Waals surface area contributed by atoms with Gasteiger partial charge in [0.15, 0.2) is 0 Å². The lowest BCUT2D eigenvalue weighted by atomic mass is 9.85. The first-order chi connectivity index (χ1) is 13.5. The molecule has 1 aliphatic carbocycles. The Morgan fingerprint density at radius 1 is 1.25 bits per heavy atom. The fourth-order valence-electron chi connectivity index (χ4n) is 3.23. The number of carbonyl (C=O) groups excluding carboxylic acids is 1. The van der Waals surface area contributed by atoms with Crippen molar-refractivity contribution in [1.29, 1.82) is 5.41 Å². The van der Waals surface area contributed by atoms with Crippen LogP contribution in [0.1, 0.15) is 32.3 Å². The predicted molar refractivity (Wildman–Crippen MR) is 110 cm³/mol. The number of aromatic hydroxyl groups is 1. The molecule has 0 radical (unpaired) electrons. The second-order valence-corrected chi connectivity index (χ2v) is 7.09. The van der Waals surface area contributed by atoms with Gasteiger partial charge in [0.25, 0.3) is 5.91 Å². The van der Waals surface area contributed by atoms with Crippen molar-refractivity contribution in [2.45, 2.75) is 39.3 Å². The number of ether oxygens (including phenoxy) is 1. The van der Waals surface area contributed by atoms with Crippen LogP contribution in [-0.4, -0.2) is 30.3 Å². The number of phenolic OH excluding ortho intramolecular Hbond substituents is 1. The van der Waals surface area contributed by atoms with E-state index in [9.17, 15) is 9.90 Å². The van der Waals surface area contributed by atoms with E-state index in [1.165, 1.54) is 0 Å². The molecule has 28 heavy (non-hydrogen) atoms. The number of rotatable bonds is 7. The highest BCUT2D eigenvalue weighted by molar-refractivity contribution is 6.11. The Labute approximate surface area is 166 Å². The van der Waals surface area contributed by atoms with Gasteiger partial charge in [-0.05, 0) is 54.5 Å². The van der Waals surface area contributed by atoms with Crippen LogP contribution in [0.25, 0.3) is 0 Å². The summed E-state index contributed by atoms with van der Waals surface area (Å²) in [5.74, 6) is 0.625. The Balaban J connectivity index is 2.12. The van der Waals surface area contributed by atoms with Crippen LogP contribution in [0.2, 0.25) is 0 Å². The molecule has 2 unspecified atom stereocenters. The van der Waals surface area contributed by atoms with Gasteiger partial charge in [0.1, 0.15) is 17.9 Å². The Kier molecular flexibility index (Phi) is 7.90. The Morgan fingerprint density at radius 2 is 1.86 bits per heavy atom. The van der Waals surface area contributed by atoms with Crippen LogP contribution in [0.4, 0.5) is 0 Å². The first kappa shape index (κ1) is 21.3. The average molecular weight is 383 g/mol. The normalized spacial score (nSPS) is 22.5. The molecule has 0 saturated heterocycles. The van der Waals surface area contributed by atoms with Crippen molar-refractivity contribution in [3.05, 3.63) is 59.2 Å². The molecule has 1 aliphatic rings. The van der Waals surface area contributed by atoms with Gasteiger partial charge >= 0.3 is 0 Å². The van der Waals surface area contributed by atoms with Gasteiger partial charge in [-0.2, -0.15) is 0 Å². The van der Waals surface area contributed by atoms with Crippen LogP contribution in [0.15, 0.2) is 53.6 Å². The van der Waals surface area contributed by atoms with Crippen LogP contribution >= 0.6 is 0 Å². The van der Waals surface area contributed by atoms with Gasteiger partial charge in [0.2, 0.25) is 5.88 Å². The number of benzene rings is 1. The molecule has 1 aromatic carbocycles. The van der Waals surface area contributed by atoms with Crippen LogP contribution in [0.3, 0.4) is 0 Å². The lowest BCUT2D eigenvalue weighted by Gasteiger charge is -2.30. The zero-order valence-electron chi connectivity index (χ0n) is 16.7. The van der Waals surface area contributed by atoms with Gasteiger partial charge in [-0.1, -0.05) is 26.0 Å². The van der Waals surface area contributed by atoms with E-state index in [0.29, 0.717) is 0 Å². The van der Waals surface area contributed by atoms with E-state index in [0.717, 1.165) is 24.6 Å². The molecule has 6 nitrogen and oxygen atoms in total. The number of nitrogens with one attached hydrogen (secondary N) is 3. The number of phenols is 1. The minimum atomic E-state index is -0.331. The number of hydrogen-bond acceptors (Lipinski definition) is 5. The van der Waals surface area contributed by atoms with E-state index in [2.05, 4.69) is 30.2 Å². The van der Waals surface area contributed by atoms with Crippen molar-refractivity contribution >= 4 is 12.1 Å². The van der Waals surface area contributed by atoms with Gasteiger partial charge in [-0.3, -0.25) is 4.79 Å². The van der Waals surface area contributed by atoms with E-state index in [4.69, 9.17) is 10.1 Å². The van der Waals surface area contributed by atoms with Crippen molar-refractivity contribution in [1.82, 2.24) is 10.6 Å². The maximum absolute atomic E-state index is 12.9. The fourth-order valence-corrected chi connectivity index (χ4v) is 3.23. The Hall–Kier alpha value is -2.98. The standard InChI is InChI=1S/C22H29N3O3/c1-15-7-5-4-6-8-16(2)20(15)25-21(27)19(13-23)22(24-3)28-14-17-9-11-18(26)12-10-17/h5-6,9-13,15-16,20,23-24,26H,7-8,14H2,1-3H3,(H,25,27)/b22-19-,23-13?. The summed E-state index contributed by atoms with van der Waals surface area (Å²) in [7, 11) is 1.65. The smallest absolute Gasteiger partial charge is 0.258 e. The molecule has 0 aromatic heterocycles. The topological polar surface area (TPSA) is 94.4 Å². The summed E-state index contributed by atoms with van der Waals surface area (Å²) >= 11 is 0. The lowest BCUT2D eigenvalue weighted by molar-refractivity contribution is -0.118. The number of allylic oxidation sites excluding steroid dienone is 1. The Bertz CT molecular complexity index is 761. The van der Waals surface area contributed by atoms with Gasteiger partial charge in [-0.15, -0.1) is 5.73 Å². The molecule has 2 atom stereocenters. The minimum absolute atomic E-state index is 0.00717. The Morgan fingerprint density at radius 3 is 2.39 bits per heavy atom. The minimum Gasteiger partial charge on any atom is -0.508 e. The summed E-state index contributed by atoms with van der Waals surface area (Å²) < 4.78 is 5.73. The van der Waals surface area contributed by atoms with Crippen molar-refractivity contribution in [3.63, 3.8) is 0 Å². The number of carbonyl (C=O) groups is 1. The molecule has 1 amide bonds. The molecule has 0 bridgehead atoms. The van der Waals surface area contributed by atoms with Crippen molar-refractivity contribution in [2.24, 2.45) is 11.8 Å². The van der Waals surface area contributed by atoms with Gasteiger partial charge in [0.05, 0.1) is 0 Å². The molecular formula is C22H29N3O3. The largest absolute Gasteiger partial charge is 0.508 e. The number of hydrogen-bond donors (Lipinski definition) is 4. The predicted octanol–water partition coefficient (Wildman–Crippen LogP) is 3.25. The lowest BCUT2D eigenvalue weighted by Crippen LogP contribution is -2.45. The molecule has 150 valence electrons. The fraction of sp³-hybridized carbons (Fsp3) is 0.409. The quantitative estimate of drug-likeness (QED) is 0.252. The molecule has 2 rings (SSSR count). The van der Waals surface area contributed by atoms with Crippen molar-refractivity contribution in [2.75, 3.05) is 7.05 Å². The SMILES string of the molecule is CN/C(OCc1ccc(O)cc1)=C(\C=N)C(=O)NC1C(C)CC=C=CCC1C. The molecule has 0 spiro atoms. The molecule has 4 N–H and O–H groups in total. The van der Waals surface area contributed by atoms with Crippen LogP contribution in [0.5, 0.6) is 5.75 Å². The second kappa shape index (κ2) is 10.4. The highest BCUT2D eigenvalue weighted by atomic mass is 16.5. The molecule has 0 fully saturated rings. The average Bonchev–Trinajstić information content (AvgIpc) is 2.68. The summed E-state index contributed by atoms with van der Waals surface area (Å²) in [6.45, 7) is 4.44. The third-order valence-electron chi connectivity index (χ3n) is 4.92. The molecule has 0 saturated carbocycles. The van der Waals surface area contributed by atoms with E-state index < -0.39 is 0 Å². The highest BCUT2D eigenvalue weighted by Crippen LogP contribution is 2.22. The third kappa shape index (κ3) is 5.76. The van der Waals surface area contributed by atoms with E-state index in [1.807, 2.05) is 12.2 Å². The second-order valence-electron chi connectivity index (χ2n) is 7.09. The highest BCUT2D eigenvalue weighted by Gasteiger charge is 2.27. The van der Waals surface area contributed by atoms with Gasteiger partial charge in [0, 0.05) is 19.3 Å². The number of amides is 1. The zero-order chi connectivity index (χ0) is 20.5. The van der Waals surface area contributed by atoms with E-state index in [-0.39, 0.29) is 47.6 Å². The van der Waals surface area contributed by atoms with Gasteiger partial charge < -0.3 is 25.9 Å². The van der Waals surface area contributed by atoms with Gasteiger partial charge in [-0.25, -0.2) is 0 Å². The molecule has 0 heterocycles. The summed E-state index contributed by atoms with van der Waals surface area (Å²) in [5, 5.41) is 23.0. The maximum atomic E-state index is 12.9. The van der Waals surface area contributed by atoms with Crippen LogP contribution in [0, 0.1) is 17.2 Å². The summed E-state index contributed by atoms with van der Waals surface area (Å²) in [4.78, 5) is 12.9. The summed E-state index contributed by atoms with van der Waals surface area (Å²) in [6.07, 6.45) is 6.69. The van der Waals surface area contributed by atoms with Crippen LogP contribution in [-0.2, 0) is 16.1 Å². The molecular weight excluding hydrogens is 354 g/mol. The maximum Gasteiger partial charge on any atom is 0.258 e. The van der Waals surface area contributed by atoms with E-state index >= 15 is 0 Å². The zero-order valence-corrected chi connectivity index (χ0v) is 16.7. The molecule has 6 heteroatoms. The molecule has 1 aromatic rings. The molecule has 0 aliphatic heterocycles. The summed E-state index contributed by atoms with van der Waals surface area (Å²) in [6, 6.07) is 6.63.